The topological polar surface area (TPSA) is 203 Å². The second-order valence-corrected chi connectivity index (χ2v) is 18.4. The summed E-state index contributed by atoms with van der Waals surface area (Å²) in [6.45, 7) is 3.73. The molecule has 8 rings (SSSR count). The Balaban J connectivity index is 0.787. The van der Waals surface area contributed by atoms with Crippen LogP contribution in [0.4, 0.5) is 11.5 Å². The largest absolute Gasteiger partial charge is 0.491 e. The molecule has 1 amide bonds. The quantitative estimate of drug-likeness (QED) is 0.0805. The van der Waals surface area contributed by atoms with Gasteiger partial charge in [-0.05, 0) is 106 Å². The first-order valence-electron chi connectivity index (χ1n) is 21.5. The van der Waals surface area contributed by atoms with Crippen LogP contribution in [0.15, 0.2) is 96.1 Å². The number of hydrogen-bond donors (Lipinski definition) is 3. The number of carbonyl (C=O) groups is 1. The summed E-state index contributed by atoms with van der Waals surface area (Å²) in [6, 6.07) is 24.8. The van der Waals surface area contributed by atoms with Crippen molar-refractivity contribution in [1.29, 1.82) is 5.26 Å². The molecule has 3 aromatic heterocycles. The maximum atomic E-state index is 13.0. The van der Waals surface area contributed by atoms with Gasteiger partial charge in [0, 0.05) is 72.9 Å². The van der Waals surface area contributed by atoms with Gasteiger partial charge < -0.3 is 38.7 Å². The average molecular weight is 921 g/mol. The summed E-state index contributed by atoms with van der Waals surface area (Å²) in [6.07, 6.45) is 8.14. The minimum Gasteiger partial charge on any atom is -0.491 e. The zero-order valence-corrected chi connectivity index (χ0v) is 37.5. The number of benzene rings is 3. The van der Waals surface area contributed by atoms with Crippen molar-refractivity contribution in [1.82, 2.24) is 25.1 Å². The van der Waals surface area contributed by atoms with Crippen LogP contribution < -0.4 is 34.7 Å². The van der Waals surface area contributed by atoms with Crippen molar-refractivity contribution in [2.24, 2.45) is 7.05 Å². The second-order valence-electron chi connectivity index (χ2n) is 16.0. The van der Waals surface area contributed by atoms with Gasteiger partial charge in [-0.2, -0.15) is 5.26 Å². The molecule has 6 aromatic rings. The molecule has 65 heavy (non-hydrogen) atoms. The molecule has 3 N–H and O–H groups in total. The highest BCUT2D eigenvalue weighted by Crippen LogP contribution is 2.39. The molecular formula is C47H49ClN8O8S. The van der Waals surface area contributed by atoms with E-state index >= 15 is 0 Å². The van der Waals surface area contributed by atoms with Crippen LogP contribution in [0, 0.1) is 11.3 Å². The SMILES string of the molecule is CCS(=O)(=O)Nc1ccc(Oc2cccc(OCCOC3CCN(c4ccc(C(=O)N[C@H]5CC[C@H](Oc6ccc(C#N)c(Cl)c6)CC5)nn4)CC3)c2)c(-c2cn(C)c(=O)c3[nH]ccc23)c1. The van der Waals surface area contributed by atoms with Gasteiger partial charge in [-0.15, -0.1) is 10.2 Å². The monoisotopic (exact) mass is 920 g/mol. The van der Waals surface area contributed by atoms with E-state index in [0.29, 0.717) is 80.3 Å². The van der Waals surface area contributed by atoms with Crippen molar-refractivity contribution < 1.29 is 32.2 Å². The standard InChI is InChI=1S/C47H49ClN8O8S/c1-3-65(59,60)54-32-10-15-43(39(25-32)40-29-55(2)47(58)45-38(40)17-20-50-45)64-36-6-4-5-35(26-36)62-24-23-61-33-18-21-56(22-19-33)44-16-14-42(52-53-44)46(57)51-31-8-12-34(13-9-31)63-37-11-7-30(28-49)41(48)27-37/h4-7,10-11,14-17,20,25-27,29,31,33-34,50,54H,3,8-9,12-13,18-19,21-24H2,1-2H3,(H,51,57)/t31-,34-. The molecule has 16 nitrogen and oxygen atoms in total. The molecule has 1 saturated heterocycles. The summed E-state index contributed by atoms with van der Waals surface area (Å²) >= 11 is 6.15. The third-order valence-corrected chi connectivity index (χ3v) is 13.2. The van der Waals surface area contributed by atoms with E-state index in [-0.39, 0.29) is 41.2 Å². The summed E-state index contributed by atoms with van der Waals surface area (Å²) in [5.41, 5.74) is 2.55. The fraction of sp³-hybridized carbons (Fsp3) is 0.340. The van der Waals surface area contributed by atoms with Crippen LogP contribution in [0.3, 0.4) is 0 Å². The minimum absolute atomic E-state index is 0.00596. The number of aromatic nitrogens is 4. The molecule has 338 valence electrons. The Morgan fingerprint density at radius 3 is 2.45 bits per heavy atom. The number of hydrogen-bond acceptors (Lipinski definition) is 12. The molecule has 4 heterocycles. The number of piperidine rings is 1. The fourth-order valence-electron chi connectivity index (χ4n) is 8.06. The van der Waals surface area contributed by atoms with Crippen LogP contribution in [-0.4, -0.2) is 84.4 Å². The molecular weight excluding hydrogens is 872 g/mol. The molecule has 3 aromatic carbocycles. The number of aryl methyl sites for hydroxylation is 1. The third-order valence-electron chi connectivity index (χ3n) is 11.6. The average Bonchev–Trinajstić information content (AvgIpc) is 3.81. The number of anilines is 2. The number of carbonyl (C=O) groups excluding carboxylic acids is 1. The van der Waals surface area contributed by atoms with Crippen LogP contribution in [-0.2, 0) is 21.8 Å². The van der Waals surface area contributed by atoms with Crippen LogP contribution in [0.5, 0.6) is 23.0 Å². The number of rotatable bonds is 16. The molecule has 1 saturated carbocycles. The van der Waals surface area contributed by atoms with Gasteiger partial charge in [-0.25, -0.2) is 8.42 Å². The van der Waals surface area contributed by atoms with E-state index in [0.717, 1.165) is 51.6 Å². The van der Waals surface area contributed by atoms with Crippen molar-refractivity contribution in [2.45, 2.75) is 63.7 Å². The van der Waals surface area contributed by atoms with E-state index in [1.54, 1.807) is 87.0 Å². The maximum absolute atomic E-state index is 13.0. The number of aromatic amines is 1. The normalized spacial score (nSPS) is 16.7. The Kier molecular flexibility index (Phi) is 13.9. The van der Waals surface area contributed by atoms with Gasteiger partial charge in [0.1, 0.15) is 41.2 Å². The van der Waals surface area contributed by atoms with Crippen molar-refractivity contribution in [3.8, 4) is 40.2 Å². The number of ether oxygens (including phenoxy) is 4. The van der Waals surface area contributed by atoms with Crippen molar-refractivity contribution in [2.75, 3.05) is 41.7 Å². The Bertz CT molecular complexity index is 2870. The molecule has 0 bridgehead atoms. The Morgan fingerprint density at radius 2 is 1.71 bits per heavy atom. The smallest absolute Gasteiger partial charge is 0.274 e. The van der Waals surface area contributed by atoms with Crippen molar-refractivity contribution in [3.05, 3.63) is 118 Å². The highest BCUT2D eigenvalue weighted by Gasteiger charge is 2.26. The number of fused-ring (bicyclic) bond motifs is 1. The number of sulfonamides is 1. The zero-order valence-electron chi connectivity index (χ0n) is 36.0. The maximum Gasteiger partial charge on any atom is 0.274 e. The first kappa shape index (κ1) is 45.0. The van der Waals surface area contributed by atoms with Crippen LogP contribution in [0.1, 0.15) is 61.5 Å². The predicted octanol–water partition coefficient (Wildman–Crippen LogP) is 7.59. The Morgan fingerprint density at radius 1 is 0.908 bits per heavy atom. The third kappa shape index (κ3) is 11.0. The summed E-state index contributed by atoms with van der Waals surface area (Å²) in [7, 11) is -1.89. The number of nitriles is 1. The van der Waals surface area contributed by atoms with E-state index in [2.05, 4.69) is 30.1 Å². The van der Waals surface area contributed by atoms with Gasteiger partial charge in [-0.3, -0.25) is 14.3 Å². The first-order valence-corrected chi connectivity index (χ1v) is 23.6. The molecule has 2 fully saturated rings. The molecule has 1 aliphatic heterocycles. The number of nitrogens with zero attached hydrogens (tertiary/aromatic N) is 5. The van der Waals surface area contributed by atoms with Gasteiger partial charge >= 0.3 is 0 Å². The number of amides is 1. The van der Waals surface area contributed by atoms with Crippen LogP contribution in [0.2, 0.25) is 5.02 Å². The number of pyridine rings is 1. The van der Waals surface area contributed by atoms with Crippen LogP contribution in [0.25, 0.3) is 22.0 Å². The number of halogens is 1. The summed E-state index contributed by atoms with van der Waals surface area (Å²) in [4.78, 5) is 31.0. The summed E-state index contributed by atoms with van der Waals surface area (Å²) in [5, 5.41) is 21.9. The van der Waals surface area contributed by atoms with Crippen LogP contribution >= 0.6 is 11.6 Å². The van der Waals surface area contributed by atoms with Gasteiger partial charge in [0.25, 0.3) is 11.5 Å². The van der Waals surface area contributed by atoms with Crippen molar-refractivity contribution in [3.63, 3.8) is 0 Å². The number of H-pyrrole nitrogens is 1. The lowest BCUT2D eigenvalue weighted by Crippen LogP contribution is -2.40. The Hall–Kier alpha value is -6.61. The van der Waals surface area contributed by atoms with Crippen molar-refractivity contribution >= 4 is 49.9 Å². The van der Waals surface area contributed by atoms with Gasteiger partial charge in [0.05, 0.1) is 35.2 Å². The lowest BCUT2D eigenvalue weighted by Gasteiger charge is -2.32. The Labute approximate surface area is 381 Å². The molecule has 0 spiro atoms. The lowest BCUT2D eigenvalue weighted by atomic mass is 9.93. The highest BCUT2D eigenvalue weighted by atomic mass is 35.5. The zero-order chi connectivity index (χ0) is 45.5. The lowest BCUT2D eigenvalue weighted by molar-refractivity contribution is 0.0202. The summed E-state index contributed by atoms with van der Waals surface area (Å²) in [5.74, 6) is 2.55. The van der Waals surface area contributed by atoms with Gasteiger partial charge in [0.2, 0.25) is 10.0 Å². The van der Waals surface area contributed by atoms with E-state index in [9.17, 15) is 18.0 Å². The van der Waals surface area contributed by atoms with Gasteiger partial charge in [0.15, 0.2) is 11.5 Å². The molecule has 1 aliphatic carbocycles. The molecule has 18 heteroatoms. The minimum atomic E-state index is -3.55. The molecule has 0 atom stereocenters. The predicted molar refractivity (Wildman–Crippen MR) is 248 cm³/mol. The van der Waals surface area contributed by atoms with E-state index in [1.165, 1.54) is 4.57 Å². The molecule has 0 radical (unpaired) electrons. The molecule has 0 unspecified atom stereocenters. The summed E-state index contributed by atoms with van der Waals surface area (Å²) < 4.78 is 53.7. The fourth-order valence-corrected chi connectivity index (χ4v) is 8.90. The highest BCUT2D eigenvalue weighted by molar-refractivity contribution is 7.92. The second kappa shape index (κ2) is 20.1. The van der Waals surface area contributed by atoms with E-state index in [1.807, 2.05) is 24.3 Å². The van der Waals surface area contributed by atoms with Gasteiger partial charge in [-0.1, -0.05) is 17.7 Å². The number of nitrogens with one attached hydrogen (secondary N) is 3. The molecule has 2 aliphatic rings. The van der Waals surface area contributed by atoms with E-state index < -0.39 is 10.0 Å². The first-order chi connectivity index (χ1) is 31.4. The van der Waals surface area contributed by atoms with E-state index in [4.69, 9.17) is 35.8 Å².